The Labute approximate surface area is 71.0 Å². The van der Waals surface area contributed by atoms with Gasteiger partial charge in [-0.25, -0.2) is 4.79 Å². The highest BCUT2D eigenvalue weighted by molar-refractivity contribution is 6.09. The average Bonchev–Trinajstić information content (AvgIpc) is 2.04. The van der Waals surface area contributed by atoms with Gasteiger partial charge in [-0.1, -0.05) is 13.8 Å². The molecule has 0 aliphatic carbocycles. The molecule has 66 valence electrons. The van der Waals surface area contributed by atoms with E-state index >= 15 is 0 Å². The first kappa shape index (κ1) is 8.77. The van der Waals surface area contributed by atoms with Crippen molar-refractivity contribution in [1.82, 2.24) is 5.43 Å². The largest absolute Gasteiger partial charge is 0.478 e. The fourth-order valence-electron chi connectivity index (χ4n) is 1.13. The zero-order valence-electron chi connectivity index (χ0n) is 7.16. The number of nitrogens with one attached hydrogen (secondary N) is 1. The minimum atomic E-state index is -0.899. The van der Waals surface area contributed by atoms with Crippen LogP contribution in [0.3, 0.4) is 0 Å². The maximum absolute atomic E-state index is 10.7. The summed E-state index contributed by atoms with van der Waals surface area (Å²) in [6.45, 7) is 4.48. The van der Waals surface area contributed by atoms with Crippen LogP contribution in [0.4, 0.5) is 0 Å². The van der Waals surface area contributed by atoms with Gasteiger partial charge in [-0.2, -0.15) is 5.10 Å². The molecule has 0 aromatic rings. The van der Waals surface area contributed by atoms with Crippen molar-refractivity contribution in [2.24, 2.45) is 11.0 Å². The van der Waals surface area contributed by atoms with E-state index in [0.717, 1.165) is 5.57 Å². The van der Waals surface area contributed by atoms with Crippen LogP contribution in [0.2, 0.25) is 0 Å². The van der Waals surface area contributed by atoms with E-state index in [1.807, 2.05) is 13.8 Å². The number of carboxylic acids is 1. The zero-order valence-corrected chi connectivity index (χ0v) is 7.16. The highest BCUT2D eigenvalue weighted by Gasteiger charge is 2.17. The molecule has 1 rings (SSSR count). The van der Waals surface area contributed by atoms with Crippen LogP contribution in [0.15, 0.2) is 16.2 Å². The smallest absolute Gasteiger partial charge is 0.337 e. The molecule has 2 N–H and O–H groups in total. The first-order chi connectivity index (χ1) is 5.63. The van der Waals surface area contributed by atoms with Gasteiger partial charge in [-0.05, 0) is 11.5 Å². The van der Waals surface area contributed by atoms with Crippen molar-refractivity contribution in [3.05, 3.63) is 11.1 Å². The highest BCUT2D eigenvalue weighted by atomic mass is 16.4. The quantitative estimate of drug-likeness (QED) is 0.635. The number of hydrogen-bond donors (Lipinski definition) is 2. The first-order valence-electron chi connectivity index (χ1n) is 3.85. The van der Waals surface area contributed by atoms with Gasteiger partial charge in [0, 0.05) is 0 Å². The monoisotopic (exact) mass is 168 g/mol. The number of aliphatic carboxylic acids is 1. The predicted molar refractivity (Wildman–Crippen MR) is 46.0 cm³/mol. The van der Waals surface area contributed by atoms with Gasteiger partial charge in [0.05, 0.1) is 18.3 Å². The lowest BCUT2D eigenvalue weighted by Crippen LogP contribution is -2.24. The van der Waals surface area contributed by atoms with Crippen molar-refractivity contribution in [3.8, 4) is 0 Å². The molecule has 0 radical (unpaired) electrons. The second-order valence-electron chi connectivity index (χ2n) is 2.99. The first-order valence-corrected chi connectivity index (χ1v) is 3.85. The minimum absolute atomic E-state index is 0.246. The van der Waals surface area contributed by atoms with Gasteiger partial charge in [-0.15, -0.1) is 0 Å². The van der Waals surface area contributed by atoms with E-state index in [4.69, 9.17) is 5.11 Å². The molecule has 12 heavy (non-hydrogen) atoms. The third-order valence-electron chi connectivity index (χ3n) is 1.83. The Kier molecular flexibility index (Phi) is 2.47. The van der Waals surface area contributed by atoms with Crippen LogP contribution >= 0.6 is 0 Å². The van der Waals surface area contributed by atoms with Crippen LogP contribution in [0, 0.1) is 5.92 Å². The summed E-state index contributed by atoms with van der Waals surface area (Å²) in [5.74, 6) is -0.653. The van der Waals surface area contributed by atoms with Crippen molar-refractivity contribution in [1.29, 1.82) is 0 Å². The summed E-state index contributed by atoms with van der Waals surface area (Å²) in [6.07, 6.45) is 1.36. The molecular formula is C8H12N2O2. The van der Waals surface area contributed by atoms with Gasteiger partial charge < -0.3 is 10.5 Å². The van der Waals surface area contributed by atoms with Crippen LogP contribution in [0.25, 0.3) is 0 Å². The standard InChI is InChI=1S/C8H12N2O2/c1-5(2)6-3-9-10-4-7(6)8(11)12/h4-5,9H,3H2,1-2H3,(H,11,12). The molecule has 0 atom stereocenters. The number of carbonyl (C=O) groups is 1. The maximum atomic E-state index is 10.7. The van der Waals surface area contributed by atoms with E-state index in [1.165, 1.54) is 6.21 Å². The number of carboxylic acid groups (broad SMARTS) is 1. The van der Waals surface area contributed by atoms with Crippen molar-refractivity contribution in [2.45, 2.75) is 13.8 Å². The van der Waals surface area contributed by atoms with Gasteiger partial charge in [-0.3, -0.25) is 0 Å². The van der Waals surface area contributed by atoms with E-state index in [0.29, 0.717) is 12.1 Å². The summed E-state index contributed by atoms with van der Waals surface area (Å²) in [7, 11) is 0. The van der Waals surface area contributed by atoms with E-state index in [9.17, 15) is 4.79 Å². The third-order valence-corrected chi connectivity index (χ3v) is 1.83. The Hall–Kier alpha value is -1.32. The van der Waals surface area contributed by atoms with Gasteiger partial charge >= 0.3 is 5.97 Å². The molecule has 4 nitrogen and oxygen atoms in total. The summed E-state index contributed by atoms with van der Waals surface area (Å²) in [5.41, 5.74) is 3.97. The highest BCUT2D eigenvalue weighted by Crippen LogP contribution is 2.15. The minimum Gasteiger partial charge on any atom is -0.478 e. The maximum Gasteiger partial charge on any atom is 0.337 e. The van der Waals surface area contributed by atoms with E-state index in [1.54, 1.807) is 0 Å². The zero-order chi connectivity index (χ0) is 9.14. The van der Waals surface area contributed by atoms with E-state index < -0.39 is 5.97 Å². The predicted octanol–water partition coefficient (Wildman–Crippen LogP) is 0.613. The molecular weight excluding hydrogens is 156 g/mol. The fraction of sp³-hybridized carbons (Fsp3) is 0.500. The fourth-order valence-corrected chi connectivity index (χ4v) is 1.13. The lowest BCUT2D eigenvalue weighted by Gasteiger charge is -2.16. The van der Waals surface area contributed by atoms with E-state index in [-0.39, 0.29) is 5.92 Å². The molecule has 0 saturated carbocycles. The Morgan fingerprint density at radius 2 is 2.42 bits per heavy atom. The van der Waals surface area contributed by atoms with Crippen LogP contribution in [0.1, 0.15) is 13.8 Å². The van der Waals surface area contributed by atoms with Gasteiger partial charge in [0.1, 0.15) is 0 Å². The van der Waals surface area contributed by atoms with Crippen LogP contribution < -0.4 is 5.43 Å². The number of hydrazone groups is 1. The molecule has 1 aliphatic heterocycles. The second kappa shape index (κ2) is 3.38. The van der Waals surface area contributed by atoms with Crippen LogP contribution in [0.5, 0.6) is 0 Å². The Morgan fingerprint density at radius 1 is 1.75 bits per heavy atom. The molecule has 0 spiro atoms. The number of nitrogens with zero attached hydrogens (tertiary/aromatic N) is 1. The van der Waals surface area contributed by atoms with Gasteiger partial charge in [0.15, 0.2) is 0 Å². The van der Waals surface area contributed by atoms with E-state index in [2.05, 4.69) is 10.5 Å². The number of rotatable bonds is 2. The van der Waals surface area contributed by atoms with Crippen molar-refractivity contribution >= 4 is 12.2 Å². The molecule has 0 unspecified atom stereocenters. The summed E-state index contributed by atoms with van der Waals surface area (Å²) in [6, 6.07) is 0. The lowest BCUT2D eigenvalue weighted by atomic mass is 9.97. The molecule has 0 bridgehead atoms. The Balaban J connectivity index is 3.00. The van der Waals surface area contributed by atoms with Crippen molar-refractivity contribution < 1.29 is 9.90 Å². The van der Waals surface area contributed by atoms with Gasteiger partial charge in [0.25, 0.3) is 0 Å². The lowest BCUT2D eigenvalue weighted by molar-refractivity contribution is -0.132. The van der Waals surface area contributed by atoms with Crippen LogP contribution in [-0.2, 0) is 4.79 Å². The van der Waals surface area contributed by atoms with Crippen molar-refractivity contribution in [2.75, 3.05) is 6.54 Å². The molecule has 0 amide bonds. The molecule has 0 aromatic carbocycles. The summed E-state index contributed by atoms with van der Waals surface area (Å²) in [5, 5.41) is 12.5. The second-order valence-corrected chi connectivity index (χ2v) is 2.99. The number of hydrogen-bond acceptors (Lipinski definition) is 3. The molecule has 0 aromatic heterocycles. The van der Waals surface area contributed by atoms with Crippen molar-refractivity contribution in [3.63, 3.8) is 0 Å². The summed E-state index contributed by atoms with van der Waals surface area (Å²) < 4.78 is 0. The Morgan fingerprint density at radius 3 is 2.83 bits per heavy atom. The average molecular weight is 168 g/mol. The topological polar surface area (TPSA) is 61.7 Å². The molecule has 1 heterocycles. The molecule has 0 saturated heterocycles. The van der Waals surface area contributed by atoms with Crippen LogP contribution in [-0.4, -0.2) is 23.8 Å². The Bertz CT molecular complexity index is 254. The summed E-state index contributed by atoms with van der Waals surface area (Å²) >= 11 is 0. The third kappa shape index (κ3) is 1.64. The molecule has 0 fully saturated rings. The summed E-state index contributed by atoms with van der Waals surface area (Å²) in [4.78, 5) is 10.7. The molecule has 1 aliphatic rings. The molecule has 4 heteroatoms. The SMILES string of the molecule is CC(C)C1=C(C(=O)O)C=NNC1. The van der Waals surface area contributed by atoms with Gasteiger partial charge in [0.2, 0.25) is 0 Å². The normalized spacial score (nSPS) is 16.6.